The van der Waals surface area contributed by atoms with Crippen molar-refractivity contribution in [2.75, 3.05) is 13.2 Å². The summed E-state index contributed by atoms with van der Waals surface area (Å²) in [6, 6.07) is 0. The summed E-state index contributed by atoms with van der Waals surface area (Å²) in [4.78, 5) is 38.1. The van der Waals surface area contributed by atoms with Gasteiger partial charge in [-0.25, -0.2) is 0 Å². The topological polar surface area (TPSA) is 78.9 Å². The molecule has 66 heavy (non-hydrogen) atoms. The third kappa shape index (κ3) is 52.3. The van der Waals surface area contributed by atoms with Crippen molar-refractivity contribution in [2.45, 2.75) is 303 Å². The van der Waals surface area contributed by atoms with Crippen LogP contribution in [0.5, 0.6) is 0 Å². The van der Waals surface area contributed by atoms with Crippen LogP contribution in [0.1, 0.15) is 297 Å². The van der Waals surface area contributed by atoms with E-state index in [1.807, 2.05) is 0 Å². The number of allylic oxidation sites excluding steroid dienone is 8. The van der Waals surface area contributed by atoms with Crippen molar-refractivity contribution in [3.05, 3.63) is 48.6 Å². The minimum Gasteiger partial charge on any atom is -0.462 e. The van der Waals surface area contributed by atoms with Gasteiger partial charge in [0.25, 0.3) is 0 Å². The van der Waals surface area contributed by atoms with Crippen molar-refractivity contribution in [1.82, 2.24) is 0 Å². The Morgan fingerprint density at radius 1 is 0.303 bits per heavy atom. The maximum atomic E-state index is 12.8. The first-order chi connectivity index (χ1) is 32.5. The molecular weight excluding hydrogens is 817 g/mol. The van der Waals surface area contributed by atoms with Gasteiger partial charge in [-0.05, 0) is 70.6 Å². The van der Waals surface area contributed by atoms with Gasteiger partial charge in [-0.2, -0.15) is 0 Å². The summed E-state index contributed by atoms with van der Waals surface area (Å²) in [6.45, 7) is 6.63. The lowest BCUT2D eigenvalue weighted by Crippen LogP contribution is -2.30. The molecule has 0 amide bonds. The Labute approximate surface area is 409 Å². The molecule has 0 rings (SSSR count). The van der Waals surface area contributed by atoms with Gasteiger partial charge in [0.1, 0.15) is 13.2 Å². The largest absolute Gasteiger partial charge is 0.462 e. The molecule has 0 spiro atoms. The van der Waals surface area contributed by atoms with Crippen molar-refractivity contribution in [3.8, 4) is 0 Å². The molecule has 0 heterocycles. The highest BCUT2D eigenvalue weighted by Gasteiger charge is 2.19. The number of rotatable bonds is 52. The van der Waals surface area contributed by atoms with Crippen LogP contribution < -0.4 is 0 Å². The highest BCUT2D eigenvalue weighted by Crippen LogP contribution is 2.16. The fourth-order valence-electron chi connectivity index (χ4n) is 8.26. The number of esters is 3. The van der Waals surface area contributed by atoms with Gasteiger partial charge in [0.05, 0.1) is 0 Å². The number of carbonyl (C=O) groups is 3. The Bertz CT molecular complexity index is 1150. The summed E-state index contributed by atoms with van der Waals surface area (Å²) in [5.41, 5.74) is 0. The fourth-order valence-corrected chi connectivity index (χ4v) is 8.26. The van der Waals surface area contributed by atoms with Crippen molar-refractivity contribution in [1.29, 1.82) is 0 Å². The standard InChI is InChI=1S/C60H108O6/c1-4-7-10-13-16-19-22-25-27-29-31-32-35-38-41-44-47-50-53-59(62)65-56-57(55-64-58(61)52-49-46-43-40-37-34-24-21-18-15-12-9-6-3)66-60(63)54-51-48-45-42-39-36-33-30-28-26-23-20-17-14-11-8-5-2/h22,25-29,31-32,57H,4-21,23-24,30,33-56H2,1-3H3/b25-22-,28-26-,29-27-,32-31-. The second-order valence-electron chi connectivity index (χ2n) is 19.3. The monoisotopic (exact) mass is 925 g/mol. The van der Waals surface area contributed by atoms with E-state index in [4.69, 9.17) is 14.2 Å². The number of hydrogen-bond donors (Lipinski definition) is 0. The molecule has 0 aromatic heterocycles. The highest BCUT2D eigenvalue weighted by molar-refractivity contribution is 5.71. The SMILES string of the molecule is CCCCCCC\C=C/C=C\C=C/CCCCCCCC(=O)OCC(COC(=O)CCCCCCCCCCCCCCC)OC(=O)CCCCCCCCC/C=C\CCCCCCCC. The summed E-state index contributed by atoms with van der Waals surface area (Å²) in [6.07, 6.45) is 66.6. The quantitative estimate of drug-likeness (QED) is 0.0199. The maximum Gasteiger partial charge on any atom is 0.306 e. The van der Waals surface area contributed by atoms with Crippen LogP contribution in [-0.2, 0) is 28.6 Å². The van der Waals surface area contributed by atoms with Crippen LogP contribution in [-0.4, -0.2) is 37.2 Å². The zero-order valence-corrected chi connectivity index (χ0v) is 44.0. The first kappa shape index (κ1) is 63.4. The lowest BCUT2D eigenvalue weighted by molar-refractivity contribution is -0.167. The second-order valence-corrected chi connectivity index (χ2v) is 19.3. The smallest absolute Gasteiger partial charge is 0.306 e. The van der Waals surface area contributed by atoms with Gasteiger partial charge >= 0.3 is 17.9 Å². The molecule has 1 atom stereocenters. The molecule has 0 aliphatic heterocycles. The lowest BCUT2D eigenvalue weighted by atomic mass is 10.0. The summed E-state index contributed by atoms with van der Waals surface area (Å²) in [5, 5.41) is 0. The predicted molar refractivity (Wildman–Crippen MR) is 284 cm³/mol. The summed E-state index contributed by atoms with van der Waals surface area (Å²) >= 11 is 0. The van der Waals surface area contributed by atoms with Crippen LogP contribution in [0.4, 0.5) is 0 Å². The number of ether oxygens (including phenoxy) is 3. The molecule has 0 saturated carbocycles. The molecule has 1 unspecified atom stereocenters. The van der Waals surface area contributed by atoms with Crippen LogP contribution in [0, 0.1) is 0 Å². The van der Waals surface area contributed by atoms with Crippen molar-refractivity contribution >= 4 is 17.9 Å². The molecule has 6 heteroatoms. The van der Waals surface area contributed by atoms with Crippen LogP contribution in [0.3, 0.4) is 0 Å². The van der Waals surface area contributed by atoms with Crippen molar-refractivity contribution < 1.29 is 28.6 Å². The van der Waals surface area contributed by atoms with Gasteiger partial charge < -0.3 is 14.2 Å². The number of unbranched alkanes of at least 4 members (excludes halogenated alkanes) is 35. The van der Waals surface area contributed by atoms with Crippen molar-refractivity contribution in [2.24, 2.45) is 0 Å². The zero-order chi connectivity index (χ0) is 47.9. The lowest BCUT2D eigenvalue weighted by Gasteiger charge is -2.18. The molecule has 0 aliphatic carbocycles. The Balaban J connectivity index is 4.39. The summed E-state index contributed by atoms with van der Waals surface area (Å²) in [5.74, 6) is -0.890. The minimum atomic E-state index is -0.781. The second kappa shape index (κ2) is 55.0. The van der Waals surface area contributed by atoms with E-state index in [0.29, 0.717) is 19.3 Å². The molecule has 0 bridgehead atoms. The molecule has 0 saturated heterocycles. The molecule has 0 aromatic rings. The van der Waals surface area contributed by atoms with Gasteiger partial charge in [0.2, 0.25) is 0 Å². The fraction of sp³-hybridized carbons (Fsp3) is 0.817. The molecular formula is C60H108O6. The minimum absolute atomic E-state index is 0.0787. The first-order valence-electron chi connectivity index (χ1n) is 28.7. The van der Waals surface area contributed by atoms with E-state index in [9.17, 15) is 14.4 Å². The molecule has 0 N–H and O–H groups in total. The van der Waals surface area contributed by atoms with Crippen LogP contribution in [0.15, 0.2) is 48.6 Å². The highest BCUT2D eigenvalue weighted by atomic mass is 16.6. The Morgan fingerprint density at radius 2 is 0.561 bits per heavy atom. The molecule has 0 radical (unpaired) electrons. The van der Waals surface area contributed by atoms with E-state index in [-0.39, 0.29) is 31.1 Å². The summed E-state index contributed by atoms with van der Waals surface area (Å²) < 4.78 is 16.9. The number of hydrogen-bond acceptors (Lipinski definition) is 6. The maximum absolute atomic E-state index is 12.8. The van der Waals surface area contributed by atoms with Crippen LogP contribution in [0.25, 0.3) is 0 Å². The van der Waals surface area contributed by atoms with Crippen molar-refractivity contribution in [3.63, 3.8) is 0 Å². The van der Waals surface area contributed by atoms with E-state index in [1.165, 1.54) is 180 Å². The third-order valence-corrected chi connectivity index (χ3v) is 12.6. The average Bonchev–Trinajstić information content (AvgIpc) is 3.31. The van der Waals surface area contributed by atoms with E-state index >= 15 is 0 Å². The molecule has 0 aromatic carbocycles. The third-order valence-electron chi connectivity index (χ3n) is 12.6. The Kier molecular flexibility index (Phi) is 52.8. The van der Waals surface area contributed by atoms with Crippen LogP contribution >= 0.6 is 0 Å². The molecule has 0 fully saturated rings. The average molecular weight is 926 g/mol. The number of carbonyl (C=O) groups excluding carboxylic acids is 3. The van der Waals surface area contributed by atoms with E-state index in [0.717, 1.165) is 77.0 Å². The van der Waals surface area contributed by atoms with Gasteiger partial charge in [0.15, 0.2) is 6.10 Å². The molecule has 384 valence electrons. The Morgan fingerprint density at radius 3 is 0.879 bits per heavy atom. The van der Waals surface area contributed by atoms with E-state index in [2.05, 4.69) is 69.4 Å². The Hall–Kier alpha value is -2.63. The van der Waals surface area contributed by atoms with Gasteiger partial charge in [-0.3, -0.25) is 14.4 Å². The summed E-state index contributed by atoms with van der Waals surface area (Å²) in [7, 11) is 0. The normalized spacial score (nSPS) is 12.3. The van der Waals surface area contributed by atoms with Gasteiger partial charge in [-0.15, -0.1) is 0 Å². The predicted octanol–water partition coefficient (Wildman–Crippen LogP) is 19.0. The molecule has 0 aliphatic rings. The van der Waals surface area contributed by atoms with Gasteiger partial charge in [-0.1, -0.05) is 256 Å². The van der Waals surface area contributed by atoms with E-state index < -0.39 is 6.10 Å². The van der Waals surface area contributed by atoms with Gasteiger partial charge in [0, 0.05) is 19.3 Å². The zero-order valence-electron chi connectivity index (χ0n) is 44.0. The first-order valence-corrected chi connectivity index (χ1v) is 28.7. The van der Waals surface area contributed by atoms with Crippen LogP contribution in [0.2, 0.25) is 0 Å². The van der Waals surface area contributed by atoms with E-state index in [1.54, 1.807) is 0 Å². The molecule has 6 nitrogen and oxygen atoms in total.